The van der Waals surface area contributed by atoms with E-state index in [1.165, 1.54) is 155 Å². The van der Waals surface area contributed by atoms with Gasteiger partial charge in [0, 0.05) is 0 Å². The smallest absolute Gasteiger partial charge is 0.291 e. The molecule has 0 atom stereocenters. The average Bonchev–Trinajstić information content (AvgIpc) is 2.86. The van der Waals surface area contributed by atoms with Crippen LogP contribution in [0, 0.1) is 20.2 Å². The van der Waals surface area contributed by atoms with Crippen molar-refractivity contribution in [3.05, 3.63) is 20.2 Å². The van der Waals surface area contributed by atoms with Gasteiger partial charge in [0.1, 0.15) is 0 Å². The van der Waals surface area contributed by atoms with Crippen molar-refractivity contribution in [3.63, 3.8) is 0 Å². The van der Waals surface area contributed by atoms with Gasteiger partial charge in [-0.1, -0.05) is 130 Å². The van der Waals surface area contributed by atoms with Crippen molar-refractivity contribution in [1.82, 2.24) is 10.6 Å². The first-order valence-corrected chi connectivity index (χ1v) is 15.4. The third kappa shape index (κ3) is 76.5. The highest BCUT2D eigenvalue weighted by Crippen LogP contribution is 2.05. The van der Waals surface area contributed by atoms with E-state index in [0.29, 0.717) is 0 Å². The van der Waals surface area contributed by atoms with Gasteiger partial charge in [-0.05, 0) is 51.9 Å². The highest BCUT2D eigenvalue weighted by atomic mass is 16.9. The molecule has 0 bridgehead atoms. The molecule has 0 heterocycles. The fraction of sp³-hybridized carbons (Fsp3) is 1.00. The summed E-state index contributed by atoms with van der Waals surface area (Å²) >= 11 is 0. The van der Waals surface area contributed by atoms with Crippen LogP contribution in [0.2, 0.25) is 0 Å². The van der Waals surface area contributed by atoms with Crippen LogP contribution in [0.1, 0.15) is 156 Å². The second-order valence-corrected chi connectivity index (χ2v) is 9.63. The molecule has 0 spiro atoms. The molecule has 232 valence electrons. The van der Waals surface area contributed by atoms with Gasteiger partial charge in [-0.15, -0.1) is 20.2 Å². The summed E-state index contributed by atoms with van der Waals surface area (Å²) in [4.78, 5) is 16.7. The van der Waals surface area contributed by atoms with Crippen molar-refractivity contribution in [1.29, 1.82) is 0 Å². The normalized spacial score (nSPS) is 9.79. The van der Waals surface area contributed by atoms with E-state index in [-0.39, 0.29) is 0 Å². The van der Waals surface area contributed by atoms with Crippen LogP contribution in [0.4, 0.5) is 0 Å². The first kappa shape index (κ1) is 43.4. The molecule has 0 rings (SSSR count). The van der Waals surface area contributed by atoms with E-state index < -0.39 is 10.2 Å². The summed E-state index contributed by atoms with van der Waals surface area (Å²) < 4.78 is 0. The Morgan fingerprint density at radius 3 is 0.789 bits per heavy atom. The number of nitrogens with one attached hydrogen (secondary N) is 2. The van der Waals surface area contributed by atoms with Gasteiger partial charge in [-0.3, -0.25) is 0 Å². The Bertz CT molecular complexity index is 388. The lowest BCUT2D eigenvalue weighted by Gasteiger charge is -2.04. The minimum absolute atomic E-state index is 1.23. The molecular weight excluding hydrogens is 488 g/mol. The minimum Gasteiger partial charge on any atom is -0.328 e. The molecule has 0 radical (unpaired) electrons. The Kier molecular flexibility index (Phi) is 51.7. The Labute approximate surface area is 234 Å². The van der Waals surface area contributed by atoms with Crippen LogP contribution >= 0.6 is 0 Å². The second-order valence-electron chi connectivity index (χ2n) is 9.63. The predicted octanol–water partition coefficient (Wildman–Crippen LogP) is 8.34. The number of hydrogen-bond acceptors (Lipinski definition) is 6. The standard InChI is InChI=1S/C16H35N.C12H27N.2HNO3/c1-3-5-7-9-11-13-15-17-16-14-12-10-8-6-4-2;1-3-5-7-9-11-13-12-10-8-6-4-2;2*2-1(3)4/h17H,3-16H2,1-2H3;13H,3-12H2,1-2H3;2*(H,2,3,4). The Morgan fingerprint density at radius 1 is 0.421 bits per heavy atom. The Balaban J connectivity index is -0.000000241. The number of hydrogen-bond donors (Lipinski definition) is 4. The average molecular weight is 553 g/mol. The first-order valence-electron chi connectivity index (χ1n) is 15.4. The maximum absolute atomic E-state index is 8.36. The van der Waals surface area contributed by atoms with Crippen LogP contribution in [-0.2, 0) is 0 Å². The van der Waals surface area contributed by atoms with Crippen molar-refractivity contribution in [2.24, 2.45) is 0 Å². The van der Waals surface area contributed by atoms with Crippen LogP contribution in [-0.4, -0.2) is 46.8 Å². The zero-order valence-corrected chi connectivity index (χ0v) is 25.4. The van der Waals surface area contributed by atoms with Gasteiger partial charge in [-0.25, -0.2) is 0 Å². The van der Waals surface area contributed by atoms with Crippen LogP contribution in [0.5, 0.6) is 0 Å². The van der Waals surface area contributed by atoms with Gasteiger partial charge in [-0.2, -0.15) is 0 Å². The molecule has 38 heavy (non-hydrogen) atoms. The summed E-state index contributed by atoms with van der Waals surface area (Å²) in [6, 6.07) is 0. The van der Waals surface area contributed by atoms with Gasteiger partial charge in [0.15, 0.2) is 0 Å². The van der Waals surface area contributed by atoms with Gasteiger partial charge >= 0.3 is 0 Å². The number of nitrogens with zero attached hydrogens (tertiary/aromatic N) is 2. The van der Waals surface area contributed by atoms with Crippen LogP contribution in [0.25, 0.3) is 0 Å². The quantitative estimate of drug-likeness (QED) is 0.0529. The summed E-state index contributed by atoms with van der Waals surface area (Å²) in [7, 11) is 0. The highest BCUT2D eigenvalue weighted by Gasteiger charge is 1.92. The predicted molar refractivity (Wildman–Crippen MR) is 158 cm³/mol. The first-order chi connectivity index (χ1) is 18.3. The lowest BCUT2D eigenvalue weighted by Crippen LogP contribution is -2.16. The maximum Gasteiger partial charge on any atom is 0.291 e. The summed E-state index contributed by atoms with van der Waals surface area (Å²) in [6.07, 6.45) is 27.9. The topological polar surface area (TPSA) is 151 Å². The fourth-order valence-corrected chi connectivity index (χ4v) is 3.66. The van der Waals surface area contributed by atoms with Gasteiger partial charge in [0.2, 0.25) is 0 Å². The maximum atomic E-state index is 8.36. The van der Waals surface area contributed by atoms with Crippen molar-refractivity contribution in [2.45, 2.75) is 156 Å². The van der Waals surface area contributed by atoms with Gasteiger partial charge in [0.25, 0.3) is 10.2 Å². The molecule has 0 unspecified atom stereocenters. The third-order valence-corrected chi connectivity index (χ3v) is 5.83. The monoisotopic (exact) mass is 552 g/mol. The molecule has 0 saturated carbocycles. The molecule has 0 saturated heterocycles. The largest absolute Gasteiger partial charge is 0.328 e. The molecule has 10 nitrogen and oxygen atoms in total. The molecule has 0 aliphatic rings. The zero-order chi connectivity index (χ0) is 29.5. The summed E-state index contributed by atoms with van der Waals surface area (Å²) in [5, 5.41) is 34.3. The van der Waals surface area contributed by atoms with Gasteiger partial charge in [0.05, 0.1) is 0 Å². The van der Waals surface area contributed by atoms with E-state index in [1.54, 1.807) is 0 Å². The molecule has 0 aromatic heterocycles. The number of rotatable bonds is 24. The third-order valence-electron chi connectivity index (χ3n) is 5.83. The van der Waals surface area contributed by atoms with E-state index in [1.807, 2.05) is 0 Å². The molecule has 0 aliphatic carbocycles. The van der Waals surface area contributed by atoms with Crippen molar-refractivity contribution >= 4 is 0 Å². The fourth-order valence-electron chi connectivity index (χ4n) is 3.66. The van der Waals surface area contributed by atoms with Crippen LogP contribution < -0.4 is 10.6 Å². The minimum atomic E-state index is -1.50. The molecule has 4 N–H and O–H groups in total. The van der Waals surface area contributed by atoms with Crippen molar-refractivity contribution in [3.8, 4) is 0 Å². The van der Waals surface area contributed by atoms with Crippen LogP contribution in [0.3, 0.4) is 0 Å². The summed E-state index contributed by atoms with van der Waals surface area (Å²) in [6.45, 7) is 14.0. The van der Waals surface area contributed by atoms with E-state index in [0.717, 1.165) is 0 Å². The molecular formula is C28H64N4O6. The summed E-state index contributed by atoms with van der Waals surface area (Å²) in [5.74, 6) is 0. The molecule has 0 aliphatic heterocycles. The summed E-state index contributed by atoms with van der Waals surface area (Å²) in [5.41, 5.74) is 0. The molecule has 0 amide bonds. The molecule has 10 heteroatoms. The Morgan fingerprint density at radius 2 is 0.579 bits per heavy atom. The lowest BCUT2D eigenvalue weighted by molar-refractivity contribution is -0.742. The lowest BCUT2D eigenvalue weighted by atomic mass is 10.1. The van der Waals surface area contributed by atoms with Gasteiger partial charge < -0.3 is 21.0 Å². The van der Waals surface area contributed by atoms with E-state index in [2.05, 4.69) is 38.3 Å². The van der Waals surface area contributed by atoms with Crippen LogP contribution in [0.15, 0.2) is 0 Å². The SMILES string of the molecule is CCCCCCCCNCCCCCCCC.CCCCCCNCCCCCC.O=[N+]([O-])O.O=[N+]([O-])O. The Hall–Kier alpha value is -1.68. The van der Waals surface area contributed by atoms with E-state index in [9.17, 15) is 0 Å². The second kappa shape index (κ2) is 45.3. The molecule has 0 aromatic carbocycles. The molecule has 0 aromatic rings. The van der Waals surface area contributed by atoms with Crippen molar-refractivity contribution in [2.75, 3.05) is 26.2 Å². The van der Waals surface area contributed by atoms with E-state index in [4.69, 9.17) is 30.6 Å². The van der Waals surface area contributed by atoms with E-state index >= 15 is 0 Å². The zero-order valence-electron chi connectivity index (χ0n) is 25.4. The molecule has 0 fully saturated rings. The van der Waals surface area contributed by atoms with Crippen molar-refractivity contribution < 1.29 is 20.6 Å². The number of unbranched alkanes of at least 4 members (excludes halogenated alkanes) is 16. The highest BCUT2D eigenvalue weighted by molar-refractivity contribution is 4.52.